The molecule has 0 aromatic heterocycles. The van der Waals surface area contributed by atoms with Gasteiger partial charge in [-0.1, -0.05) is 135 Å². The summed E-state index contributed by atoms with van der Waals surface area (Å²) in [7, 11) is 0. The first-order chi connectivity index (χ1) is 14.7. The van der Waals surface area contributed by atoms with Crippen molar-refractivity contribution in [1.29, 1.82) is 0 Å². The van der Waals surface area contributed by atoms with Gasteiger partial charge in [-0.05, 0) is 26.2 Å². The molecule has 0 aliphatic rings. The SMILES string of the molecule is CCCCCCCCCCCCCCC=C(C)C(=O)OCCCCCCCCCC. The van der Waals surface area contributed by atoms with Gasteiger partial charge in [-0.2, -0.15) is 0 Å². The fraction of sp³-hybridized carbons (Fsp3) is 0.893. The van der Waals surface area contributed by atoms with Crippen LogP contribution >= 0.6 is 0 Å². The van der Waals surface area contributed by atoms with Crippen molar-refractivity contribution in [2.24, 2.45) is 0 Å². The standard InChI is InChI=1S/C28H54O2/c1-4-6-8-10-12-14-15-16-17-18-19-21-23-25-27(3)28(29)30-26-24-22-20-13-11-9-7-5-2/h25H,4-24,26H2,1-3H3. The minimum Gasteiger partial charge on any atom is -0.462 e. The van der Waals surface area contributed by atoms with Crippen LogP contribution in [0, 0.1) is 0 Å². The highest BCUT2D eigenvalue weighted by Crippen LogP contribution is 2.13. The van der Waals surface area contributed by atoms with Gasteiger partial charge in [-0.3, -0.25) is 0 Å². The molecule has 0 amide bonds. The van der Waals surface area contributed by atoms with E-state index < -0.39 is 0 Å². The van der Waals surface area contributed by atoms with Crippen molar-refractivity contribution in [3.05, 3.63) is 11.6 Å². The molecule has 0 rings (SSSR count). The van der Waals surface area contributed by atoms with Crippen molar-refractivity contribution in [2.75, 3.05) is 6.61 Å². The Hall–Kier alpha value is -0.790. The van der Waals surface area contributed by atoms with Gasteiger partial charge in [0, 0.05) is 5.57 Å². The molecule has 0 bridgehead atoms. The first-order valence-corrected chi connectivity index (χ1v) is 13.6. The lowest BCUT2D eigenvalue weighted by Gasteiger charge is -2.06. The summed E-state index contributed by atoms with van der Waals surface area (Å²) in [5.74, 6) is -0.114. The molecule has 0 fully saturated rings. The van der Waals surface area contributed by atoms with E-state index in [9.17, 15) is 4.79 Å². The van der Waals surface area contributed by atoms with E-state index in [-0.39, 0.29) is 5.97 Å². The average molecular weight is 423 g/mol. The number of rotatable bonds is 23. The van der Waals surface area contributed by atoms with Gasteiger partial charge < -0.3 is 4.74 Å². The summed E-state index contributed by atoms with van der Waals surface area (Å²) in [6.07, 6.45) is 29.7. The van der Waals surface area contributed by atoms with E-state index in [1.54, 1.807) is 0 Å². The summed E-state index contributed by atoms with van der Waals surface area (Å²) in [5, 5.41) is 0. The minimum atomic E-state index is -0.114. The van der Waals surface area contributed by atoms with Crippen LogP contribution in [0.4, 0.5) is 0 Å². The zero-order valence-electron chi connectivity index (χ0n) is 21.0. The molecule has 30 heavy (non-hydrogen) atoms. The highest BCUT2D eigenvalue weighted by Gasteiger charge is 2.04. The summed E-state index contributed by atoms with van der Waals surface area (Å²) in [5.41, 5.74) is 0.789. The lowest BCUT2D eigenvalue weighted by Crippen LogP contribution is -2.07. The van der Waals surface area contributed by atoms with Crippen molar-refractivity contribution in [1.82, 2.24) is 0 Å². The molecule has 178 valence electrons. The fourth-order valence-electron chi connectivity index (χ4n) is 3.90. The molecule has 0 spiro atoms. The second-order valence-electron chi connectivity index (χ2n) is 9.18. The molecule has 0 saturated heterocycles. The third-order valence-corrected chi connectivity index (χ3v) is 6.06. The number of hydrogen-bond donors (Lipinski definition) is 0. The highest BCUT2D eigenvalue weighted by molar-refractivity contribution is 5.87. The second kappa shape index (κ2) is 24.5. The third-order valence-electron chi connectivity index (χ3n) is 6.06. The number of esters is 1. The van der Waals surface area contributed by atoms with Gasteiger partial charge in [0.2, 0.25) is 0 Å². The van der Waals surface area contributed by atoms with Crippen LogP contribution in [0.2, 0.25) is 0 Å². The van der Waals surface area contributed by atoms with Crippen LogP contribution in [0.5, 0.6) is 0 Å². The van der Waals surface area contributed by atoms with E-state index in [0.717, 1.165) is 18.4 Å². The normalized spacial score (nSPS) is 11.8. The summed E-state index contributed by atoms with van der Waals surface area (Å²) in [6, 6.07) is 0. The molecule has 2 heteroatoms. The number of allylic oxidation sites excluding steroid dienone is 1. The van der Waals surface area contributed by atoms with E-state index in [4.69, 9.17) is 4.74 Å². The van der Waals surface area contributed by atoms with Crippen molar-refractivity contribution < 1.29 is 9.53 Å². The smallest absolute Gasteiger partial charge is 0.333 e. The number of carbonyl (C=O) groups excluding carboxylic acids is 1. The maximum absolute atomic E-state index is 12.0. The first-order valence-electron chi connectivity index (χ1n) is 13.6. The monoisotopic (exact) mass is 422 g/mol. The molecule has 0 aliphatic carbocycles. The lowest BCUT2D eigenvalue weighted by molar-refractivity contribution is -0.139. The Kier molecular flexibility index (Phi) is 23.8. The van der Waals surface area contributed by atoms with Crippen molar-refractivity contribution in [2.45, 2.75) is 156 Å². The maximum Gasteiger partial charge on any atom is 0.333 e. The lowest BCUT2D eigenvalue weighted by atomic mass is 10.0. The zero-order chi connectivity index (χ0) is 22.1. The summed E-state index contributed by atoms with van der Waals surface area (Å²) in [6.45, 7) is 7.01. The predicted octanol–water partition coefficient (Wildman–Crippen LogP) is 9.71. The molecule has 0 unspecified atom stereocenters. The van der Waals surface area contributed by atoms with Crippen LogP contribution in [0.25, 0.3) is 0 Å². The Balaban J connectivity index is 3.40. The Bertz CT molecular complexity index is 386. The molecule has 0 radical (unpaired) electrons. The first kappa shape index (κ1) is 29.2. The van der Waals surface area contributed by atoms with Crippen LogP contribution in [-0.2, 0) is 9.53 Å². The van der Waals surface area contributed by atoms with Crippen LogP contribution in [0.1, 0.15) is 156 Å². The fourth-order valence-corrected chi connectivity index (χ4v) is 3.90. The van der Waals surface area contributed by atoms with E-state index >= 15 is 0 Å². The second-order valence-corrected chi connectivity index (χ2v) is 9.18. The van der Waals surface area contributed by atoms with Gasteiger partial charge in [0.05, 0.1) is 6.61 Å². The van der Waals surface area contributed by atoms with Gasteiger partial charge in [0.15, 0.2) is 0 Å². The molecule has 0 aromatic carbocycles. The molecule has 0 N–H and O–H groups in total. The topological polar surface area (TPSA) is 26.3 Å². The number of ether oxygens (including phenoxy) is 1. The van der Waals surface area contributed by atoms with Crippen molar-refractivity contribution in [3.63, 3.8) is 0 Å². The quantitative estimate of drug-likeness (QED) is 0.0930. The highest BCUT2D eigenvalue weighted by atomic mass is 16.5. The molecular formula is C28H54O2. The Morgan fingerprint density at radius 3 is 1.37 bits per heavy atom. The van der Waals surface area contributed by atoms with Gasteiger partial charge in [0.1, 0.15) is 0 Å². The van der Waals surface area contributed by atoms with E-state index in [0.29, 0.717) is 6.61 Å². The van der Waals surface area contributed by atoms with Crippen LogP contribution in [0.3, 0.4) is 0 Å². The van der Waals surface area contributed by atoms with Gasteiger partial charge in [0.25, 0.3) is 0 Å². The van der Waals surface area contributed by atoms with Gasteiger partial charge in [-0.25, -0.2) is 4.79 Å². The van der Waals surface area contributed by atoms with E-state index in [2.05, 4.69) is 19.9 Å². The molecule has 2 nitrogen and oxygen atoms in total. The Morgan fingerprint density at radius 2 is 0.933 bits per heavy atom. The molecule has 0 heterocycles. The molecule has 0 aliphatic heterocycles. The number of hydrogen-bond acceptors (Lipinski definition) is 2. The van der Waals surface area contributed by atoms with E-state index in [1.165, 1.54) is 122 Å². The largest absolute Gasteiger partial charge is 0.462 e. The van der Waals surface area contributed by atoms with Gasteiger partial charge in [-0.15, -0.1) is 0 Å². The number of unbranched alkanes of at least 4 members (excludes halogenated alkanes) is 19. The summed E-state index contributed by atoms with van der Waals surface area (Å²) in [4.78, 5) is 12.0. The zero-order valence-corrected chi connectivity index (χ0v) is 21.0. The molecule has 0 atom stereocenters. The Labute approximate surface area is 189 Å². The minimum absolute atomic E-state index is 0.114. The van der Waals surface area contributed by atoms with Crippen LogP contribution < -0.4 is 0 Å². The van der Waals surface area contributed by atoms with Crippen molar-refractivity contribution >= 4 is 5.97 Å². The van der Waals surface area contributed by atoms with Gasteiger partial charge >= 0.3 is 5.97 Å². The van der Waals surface area contributed by atoms with Crippen LogP contribution in [-0.4, -0.2) is 12.6 Å². The predicted molar refractivity (Wildman–Crippen MR) is 133 cm³/mol. The van der Waals surface area contributed by atoms with E-state index in [1.807, 2.05) is 6.92 Å². The Morgan fingerprint density at radius 1 is 0.567 bits per heavy atom. The average Bonchev–Trinajstić information content (AvgIpc) is 2.75. The summed E-state index contributed by atoms with van der Waals surface area (Å²) < 4.78 is 5.41. The number of carbonyl (C=O) groups is 1. The molecular weight excluding hydrogens is 368 g/mol. The molecule has 0 aromatic rings. The summed E-state index contributed by atoms with van der Waals surface area (Å²) >= 11 is 0. The van der Waals surface area contributed by atoms with Crippen molar-refractivity contribution in [3.8, 4) is 0 Å². The molecule has 0 saturated carbocycles. The maximum atomic E-state index is 12.0. The third kappa shape index (κ3) is 21.9. The van der Waals surface area contributed by atoms with Crippen LogP contribution in [0.15, 0.2) is 11.6 Å².